The van der Waals surface area contributed by atoms with Crippen LogP contribution in [0.1, 0.15) is 1.43 Å². The normalized spacial score (nSPS) is 4.00. The van der Waals surface area contributed by atoms with E-state index >= 15 is 0 Å². The van der Waals surface area contributed by atoms with Gasteiger partial charge in [0.2, 0.25) is 0 Å². The Labute approximate surface area is 59.7 Å². The van der Waals surface area contributed by atoms with Crippen LogP contribution in [-0.4, -0.2) is 47.4 Å². The summed E-state index contributed by atoms with van der Waals surface area (Å²) in [5.74, 6) is 0. The number of nitrogens with two attached hydrogens (primary N) is 1. The molecule has 0 aromatic rings. The standard InChI is InChI=1S/CH3NO2.Al.Li.H2.4H/c2-1(3)4;;;;;;;/h2H2,(H,3,4);;;1H;;;;. The molecule has 0 saturated heterocycles. The van der Waals surface area contributed by atoms with Crippen LogP contribution in [0.25, 0.3) is 0 Å². The average Bonchev–Trinajstić information content (AvgIpc) is 0.811. The van der Waals surface area contributed by atoms with E-state index in [0.29, 0.717) is 0 Å². The Morgan fingerprint density at radius 1 is 1.83 bits per heavy atom. The molecule has 0 fully saturated rings. The number of rotatable bonds is 0. The second kappa shape index (κ2) is 9.04. The molecule has 0 aliphatic rings. The van der Waals surface area contributed by atoms with Crippen molar-refractivity contribution in [2.45, 2.75) is 0 Å². The molecule has 0 unspecified atom stereocenters. The van der Waals surface area contributed by atoms with Gasteiger partial charge in [-0.25, -0.2) is 4.79 Å². The second-order valence-corrected chi connectivity index (χ2v) is 0.338. The van der Waals surface area contributed by atoms with E-state index in [4.69, 9.17) is 9.90 Å². The van der Waals surface area contributed by atoms with Crippen LogP contribution < -0.4 is 5.73 Å². The monoisotopic (exact) mass is 101 g/mol. The quantitative estimate of drug-likeness (QED) is 0.348. The zero-order chi connectivity index (χ0) is 3.58. The second-order valence-electron chi connectivity index (χ2n) is 0.338. The van der Waals surface area contributed by atoms with Gasteiger partial charge in [0, 0.05) is 1.43 Å². The fourth-order valence-electron chi connectivity index (χ4n) is 0. The summed E-state index contributed by atoms with van der Waals surface area (Å²) in [6, 6.07) is 0. The summed E-state index contributed by atoms with van der Waals surface area (Å²) in [5, 5.41) is 7.19. The summed E-state index contributed by atoms with van der Waals surface area (Å²) >= 11 is 0. The summed E-state index contributed by atoms with van der Waals surface area (Å²) in [6.07, 6.45) is -1.33. The maximum absolute atomic E-state index is 8.78. The molecule has 0 rings (SSSR count). The van der Waals surface area contributed by atoms with E-state index in [0.717, 1.165) is 0 Å². The summed E-state index contributed by atoms with van der Waals surface area (Å²) < 4.78 is 0. The maximum atomic E-state index is 8.78. The molecule has 1 amide bonds. The summed E-state index contributed by atoms with van der Waals surface area (Å²) in [7, 11) is 0. The molecule has 0 radical (unpaired) electrons. The van der Waals surface area contributed by atoms with E-state index in [1.165, 1.54) is 0 Å². The molecule has 0 aromatic carbocycles. The molecule has 34 valence electrons. The van der Waals surface area contributed by atoms with Crippen molar-refractivity contribution in [1.29, 1.82) is 0 Å². The molecule has 6 heavy (non-hydrogen) atoms. The topological polar surface area (TPSA) is 63.3 Å². The zero-order valence-corrected chi connectivity index (χ0v) is 1.93. The first-order valence-electron chi connectivity index (χ1n) is 0.716. The molecule has 0 bridgehead atoms. The summed E-state index contributed by atoms with van der Waals surface area (Å²) in [5.41, 5.74) is 4.03. The molecule has 0 aromatic heterocycles. The SMILES string of the molecule is NC(=O)O.[AlH3].[HH].[LiH]. The predicted octanol–water partition coefficient (Wildman–Crippen LogP) is -1.96. The van der Waals surface area contributed by atoms with E-state index in [1.54, 1.807) is 0 Å². The van der Waals surface area contributed by atoms with Gasteiger partial charge in [-0.2, -0.15) is 0 Å². The minimum atomic E-state index is -1.33. The molecule has 0 heterocycles. The van der Waals surface area contributed by atoms with Crippen LogP contribution in [0.5, 0.6) is 0 Å². The van der Waals surface area contributed by atoms with Crippen molar-refractivity contribution in [3.05, 3.63) is 0 Å². The van der Waals surface area contributed by atoms with Gasteiger partial charge in [-0.15, -0.1) is 0 Å². The molecule has 0 spiro atoms. The third kappa shape index (κ3) is 318. The molecular weight excluding hydrogens is 91.9 g/mol. The first kappa shape index (κ1) is 16.1. The molecule has 0 aliphatic heterocycles. The first-order chi connectivity index (χ1) is 1.73. The van der Waals surface area contributed by atoms with E-state index in [1.807, 2.05) is 0 Å². The Balaban J connectivity index is -0.0000000150. The van der Waals surface area contributed by atoms with Gasteiger partial charge in [0.05, 0.1) is 0 Å². The Kier molecular flexibility index (Phi) is 24.3. The van der Waals surface area contributed by atoms with Gasteiger partial charge < -0.3 is 10.8 Å². The Bertz CT molecular complexity index is 40.7. The van der Waals surface area contributed by atoms with Gasteiger partial charge in [-0.05, 0) is 0 Å². The average molecular weight is 101 g/mol. The van der Waals surface area contributed by atoms with Crippen molar-refractivity contribution in [1.82, 2.24) is 0 Å². The number of hydrogen-bond acceptors (Lipinski definition) is 1. The van der Waals surface area contributed by atoms with E-state index in [-0.39, 0.29) is 37.6 Å². The third-order valence-corrected chi connectivity index (χ3v) is 0. The Morgan fingerprint density at radius 2 is 1.83 bits per heavy atom. The molecule has 3 nitrogen and oxygen atoms in total. The Hall–Kier alpha value is 0.400. The molecule has 0 saturated carbocycles. The number of primary amides is 1. The van der Waals surface area contributed by atoms with Crippen LogP contribution in [0.2, 0.25) is 0 Å². The van der Waals surface area contributed by atoms with E-state index in [2.05, 4.69) is 5.73 Å². The minimum absolute atomic E-state index is 0. The number of carboxylic acid groups (broad SMARTS) is 1. The molecule has 5 heteroatoms. The molecular formula is CH9AlLiNO2. The van der Waals surface area contributed by atoms with Crippen LogP contribution in [0.4, 0.5) is 4.79 Å². The fraction of sp³-hybridized carbons (Fsp3) is 0. The zero-order valence-electron chi connectivity index (χ0n) is 1.93. The van der Waals surface area contributed by atoms with Crippen LogP contribution >= 0.6 is 0 Å². The van der Waals surface area contributed by atoms with Crippen LogP contribution in [-0.2, 0) is 0 Å². The van der Waals surface area contributed by atoms with Crippen molar-refractivity contribution in [2.24, 2.45) is 5.73 Å². The van der Waals surface area contributed by atoms with Crippen molar-refractivity contribution < 1.29 is 11.3 Å². The van der Waals surface area contributed by atoms with Gasteiger partial charge in [-0.3, -0.25) is 0 Å². The van der Waals surface area contributed by atoms with E-state index in [9.17, 15) is 0 Å². The number of hydrogen-bond donors (Lipinski definition) is 2. The van der Waals surface area contributed by atoms with Crippen molar-refractivity contribution in [3.8, 4) is 0 Å². The summed E-state index contributed by atoms with van der Waals surface area (Å²) in [6.45, 7) is 0. The van der Waals surface area contributed by atoms with Gasteiger partial charge in [0.25, 0.3) is 0 Å². The van der Waals surface area contributed by atoms with Crippen LogP contribution in [0, 0.1) is 0 Å². The Morgan fingerprint density at radius 3 is 1.83 bits per heavy atom. The molecule has 0 atom stereocenters. The van der Waals surface area contributed by atoms with Crippen molar-refractivity contribution in [3.63, 3.8) is 0 Å². The molecule has 0 aliphatic carbocycles. The number of carbonyl (C=O) groups is 1. The van der Waals surface area contributed by atoms with E-state index < -0.39 is 6.09 Å². The summed E-state index contributed by atoms with van der Waals surface area (Å²) in [4.78, 5) is 8.78. The van der Waals surface area contributed by atoms with Crippen LogP contribution in [0.3, 0.4) is 0 Å². The van der Waals surface area contributed by atoms with Gasteiger partial charge in [-0.1, -0.05) is 0 Å². The van der Waals surface area contributed by atoms with Crippen molar-refractivity contribution >= 4 is 42.3 Å². The van der Waals surface area contributed by atoms with Gasteiger partial charge in [0.15, 0.2) is 17.4 Å². The van der Waals surface area contributed by atoms with Crippen LogP contribution in [0.15, 0.2) is 0 Å². The van der Waals surface area contributed by atoms with Gasteiger partial charge >= 0.3 is 25.0 Å². The molecule has 3 N–H and O–H groups in total. The fourth-order valence-corrected chi connectivity index (χ4v) is 0. The third-order valence-electron chi connectivity index (χ3n) is 0. The van der Waals surface area contributed by atoms with Crippen molar-refractivity contribution in [2.75, 3.05) is 0 Å². The number of amides is 1. The predicted molar refractivity (Wildman–Crippen MR) is 31.4 cm³/mol. The van der Waals surface area contributed by atoms with Gasteiger partial charge in [0.1, 0.15) is 0 Å². The first-order valence-corrected chi connectivity index (χ1v) is 0.716.